The summed E-state index contributed by atoms with van der Waals surface area (Å²) in [4.78, 5) is 8.59. The summed E-state index contributed by atoms with van der Waals surface area (Å²) < 4.78 is 5.47. The van der Waals surface area contributed by atoms with Gasteiger partial charge in [0.15, 0.2) is 11.6 Å². The van der Waals surface area contributed by atoms with E-state index in [2.05, 4.69) is 34.4 Å². The van der Waals surface area contributed by atoms with E-state index in [-0.39, 0.29) is 0 Å². The van der Waals surface area contributed by atoms with E-state index < -0.39 is 0 Å². The van der Waals surface area contributed by atoms with E-state index in [0.29, 0.717) is 11.8 Å². The fourth-order valence-corrected chi connectivity index (χ4v) is 3.22. The van der Waals surface area contributed by atoms with E-state index in [0.717, 1.165) is 30.0 Å². The highest BCUT2D eigenvalue weighted by Crippen LogP contribution is 2.34. The topological polar surface area (TPSA) is 59.1 Å². The summed E-state index contributed by atoms with van der Waals surface area (Å²) in [5, 5.41) is 6.75. The number of rotatable bonds is 5. The lowest BCUT2D eigenvalue weighted by atomic mass is 9.80. The molecule has 1 aromatic heterocycles. The first-order valence-corrected chi connectivity index (χ1v) is 7.53. The fourth-order valence-electron chi connectivity index (χ4n) is 3.22. The van der Waals surface area contributed by atoms with Crippen LogP contribution in [-0.2, 0) is 0 Å². The van der Waals surface area contributed by atoms with Crippen LogP contribution in [0.1, 0.15) is 40.0 Å². The summed E-state index contributed by atoms with van der Waals surface area (Å²) in [6.07, 6.45) is 5.28. The summed E-state index contributed by atoms with van der Waals surface area (Å²) in [6, 6.07) is 0.465. The van der Waals surface area contributed by atoms with Gasteiger partial charge in [0.1, 0.15) is 6.33 Å². The molecular weight excluding hydrogens is 252 g/mol. The number of methoxy groups -OCH3 is 1. The SMILES string of the molecule is CCNc1ncnc(NC2CC(C)CC(C)C2)c1OC. The van der Waals surface area contributed by atoms with Gasteiger partial charge in [-0.1, -0.05) is 13.8 Å². The second-order valence-electron chi connectivity index (χ2n) is 5.89. The first-order valence-electron chi connectivity index (χ1n) is 7.53. The normalized spacial score (nSPS) is 26.1. The van der Waals surface area contributed by atoms with Gasteiger partial charge in [-0.05, 0) is 38.0 Å². The van der Waals surface area contributed by atoms with Crippen LogP contribution in [0.4, 0.5) is 11.6 Å². The van der Waals surface area contributed by atoms with Crippen molar-refractivity contribution in [1.29, 1.82) is 0 Å². The zero-order valence-electron chi connectivity index (χ0n) is 12.9. The quantitative estimate of drug-likeness (QED) is 0.866. The van der Waals surface area contributed by atoms with E-state index in [4.69, 9.17) is 4.74 Å². The van der Waals surface area contributed by atoms with Crippen LogP contribution in [0.2, 0.25) is 0 Å². The van der Waals surface area contributed by atoms with Gasteiger partial charge in [0.05, 0.1) is 7.11 Å². The van der Waals surface area contributed by atoms with Gasteiger partial charge in [0, 0.05) is 12.6 Å². The summed E-state index contributed by atoms with van der Waals surface area (Å²) in [5.74, 6) is 3.78. The Hall–Kier alpha value is -1.52. The van der Waals surface area contributed by atoms with E-state index in [1.54, 1.807) is 13.4 Å². The monoisotopic (exact) mass is 278 g/mol. The van der Waals surface area contributed by atoms with E-state index in [9.17, 15) is 0 Å². The van der Waals surface area contributed by atoms with Crippen molar-refractivity contribution < 1.29 is 4.74 Å². The Kier molecular flexibility index (Phi) is 5.04. The number of nitrogens with zero attached hydrogens (tertiary/aromatic N) is 2. The number of aromatic nitrogens is 2. The molecule has 0 saturated heterocycles. The Bertz CT molecular complexity index is 428. The van der Waals surface area contributed by atoms with Crippen molar-refractivity contribution in [3.8, 4) is 5.75 Å². The first kappa shape index (κ1) is 14.9. The third-order valence-electron chi connectivity index (χ3n) is 3.87. The van der Waals surface area contributed by atoms with Gasteiger partial charge in [0.2, 0.25) is 5.75 Å². The van der Waals surface area contributed by atoms with Crippen LogP contribution in [0.5, 0.6) is 5.75 Å². The molecule has 2 unspecified atom stereocenters. The maximum Gasteiger partial charge on any atom is 0.204 e. The zero-order chi connectivity index (χ0) is 14.5. The highest BCUT2D eigenvalue weighted by Gasteiger charge is 2.25. The van der Waals surface area contributed by atoms with Gasteiger partial charge < -0.3 is 15.4 Å². The van der Waals surface area contributed by atoms with Crippen LogP contribution in [0.15, 0.2) is 6.33 Å². The van der Waals surface area contributed by atoms with Crippen molar-refractivity contribution in [1.82, 2.24) is 9.97 Å². The smallest absolute Gasteiger partial charge is 0.204 e. The molecule has 0 aromatic carbocycles. The van der Waals surface area contributed by atoms with Gasteiger partial charge in [-0.3, -0.25) is 0 Å². The molecule has 2 N–H and O–H groups in total. The largest absolute Gasteiger partial charge is 0.490 e. The van der Waals surface area contributed by atoms with Crippen molar-refractivity contribution >= 4 is 11.6 Å². The standard InChI is InChI=1S/C15H26N4O/c1-5-16-14-13(20-4)15(18-9-17-14)19-12-7-10(2)6-11(3)8-12/h9-12H,5-8H2,1-4H3,(H2,16,17,18,19). The maximum absolute atomic E-state index is 5.47. The van der Waals surface area contributed by atoms with Gasteiger partial charge in [0.25, 0.3) is 0 Å². The van der Waals surface area contributed by atoms with Crippen molar-refractivity contribution in [3.63, 3.8) is 0 Å². The van der Waals surface area contributed by atoms with Crippen LogP contribution >= 0.6 is 0 Å². The van der Waals surface area contributed by atoms with Gasteiger partial charge in [-0.25, -0.2) is 9.97 Å². The Labute approximate surface area is 121 Å². The van der Waals surface area contributed by atoms with Crippen molar-refractivity contribution in [2.75, 3.05) is 24.3 Å². The van der Waals surface area contributed by atoms with Crippen molar-refractivity contribution in [3.05, 3.63) is 6.33 Å². The predicted octanol–water partition coefficient (Wildman–Crippen LogP) is 3.15. The molecule has 0 radical (unpaired) electrons. The van der Waals surface area contributed by atoms with Crippen LogP contribution in [-0.4, -0.2) is 29.7 Å². The fraction of sp³-hybridized carbons (Fsp3) is 0.733. The van der Waals surface area contributed by atoms with E-state index in [1.165, 1.54) is 19.3 Å². The number of nitrogens with one attached hydrogen (secondary N) is 2. The van der Waals surface area contributed by atoms with Gasteiger partial charge >= 0.3 is 0 Å². The molecule has 5 nitrogen and oxygen atoms in total. The predicted molar refractivity (Wildman–Crippen MR) is 82.3 cm³/mol. The van der Waals surface area contributed by atoms with Gasteiger partial charge in [-0.2, -0.15) is 0 Å². The molecule has 0 spiro atoms. The number of ether oxygens (including phenoxy) is 1. The molecule has 1 saturated carbocycles. The van der Waals surface area contributed by atoms with Crippen molar-refractivity contribution in [2.24, 2.45) is 11.8 Å². The Morgan fingerprint density at radius 2 is 1.80 bits per heavy atom. The van der Waals surface area contributed by atoms with Crippen LogP contribution < -0.4 is 15.4 Å². The highest BCUT2D eigenvalue weighted by atomic mass is 16.5. The molecule has 1 fully saturated rings. The molecule has 0 aliphatic heterocycles. The Morgan fingerprint density at radius 3 is 2.40 bits per heavy atom. The lowest BCUT2D eigenvalue weighted by Crippen LogP contribution is -2.30. The first-order chi connectivity index (χ1) is 9.63. The summed E-state index contributed by atoms with van der Waals surface area (Å²) in [5.41, 5.74) is 0. The molecule has 1 heterocycles. The molecule has 0 amide bonds. The van der Waals surface area contributed by atoms with Gasteiger partial charge in [-0.15, -0.1) is 0 Å². The highest BCUT2D eigenvalue weighted by molar-refractivity contribution is 5.63. The molecule has 112 valence electrons. The molecule has 2 atom stereocenters. The number of hydrogen-bond donors (Lipinski definition) is 2. The van der Waals surface area contributed by atoms with E-state index in [1.807, 2.05) is 6.92 Å². The van der Waals surface area contributed by atoms with Crippen LogP contribution in [0.25, 0.3) is 0 Å². The zero-order valence-corrected chi connectivity index (χ0v) is 12.9. The van der Waals surface area contributed by atoms with Crippen LogP contribution in [0, 0.1) is 11.8 Å². The number of anilines is 2. The lowest BCUT2D eigenvalue weighted by molar-refractivity contribution is 0.280. The summed E-state index contributed by atoms with van der Waals surface area (Å²) in [7, 11) is 1.66. The number of hydrogen-bond acceptors (Lipinski definition) is 5. The van der Waals surface area contributed by atoms with E-state index >= 15 is 0 Å². The minimum Gasteiger partial charge on any atom is -0.490 e. The minimum absolute atomic E-state index is 0.465. The molecule has 0 bridgehead atoms. The third kappa shape index (κ3) is 3.52. The average Bonchev–Trinajstić information content (AvgIpc) is 2.38. The van der Waals surface area contributed by atoms with Crippen molar-refractivity contribution in [2.45, 2.75) is 46.1 Å². The molecule has 20 heavy (non-hydrogen) atoms. The second-order valence-corrected chi connectivity index (χ2v) is 5.89. The summed E-state index contributed by atoms with van der Waals surface area (Å²) >= 11 is 0. The molecule has 1 aliphatic rings. The molecule has 5 heteroatoms. The molecule has 1 aliphatic carbocycles. The Morgan fingerprint density at radius 1 is 1.15 bits per heavy atom. The summed E-state index contributed by atoms with van der Waals surface area (Å²) in [6.45, 7) is 7.50. The lowest BCUT2D eigenvalue weighted by Gasteiger charge is -2.32. The average molecular weight is 278 g/mol. The molecule has 1 aromatic rings. The second kappa shape index (κ2) is 6.77. The van der Waals surface area contributed by atoms with Crippen LogP contribution in [0.3, 0.4) is 0 Å². The Balaban J connectivity index is 2.14. The maximum atomic E-state index is 5.47. The third-order valence-corrected chi connectivity index (χ3v) is 3.87. The molecule has 2 rings (SSSR count). The minimum atomic E-state index is 0.465. The molecular formula is C15H26N4O.